The maximum absolute atomic E-state index is 5.87. The lowest BCUT2D eigenvalue weighted by Gasteiger charge is -2.17. The van der Waals surface area contributed by atoms with Gasteiger partial charge in [-0.3, -0.25) is 0 Å². The Balaban J connectivity index is 0.00000363. The highest BCUT2D eigenvalue weighted by molar-refractivity contribution is 14.0. The predicted molar refractivity (Wildman–Crippen MR) is 142 cm³/mol. The van der Waals surface area contributed by atoms with E-state index in [2.05, 4.69) is 57.4 Å². The van der Waals surface area contributed by atoms with Gasteiger partial charge in [-0.1, -0.05) is 43.3 Å². The van der Waals surface area contributed by atoms with Gasteiger partial charge in [0.15, 0.2) is 11.8 Å². The molecule has 2 heterocycles. The third-order valence-corrected chi connectivity index (χ3v) is 5.87. The maximum Gasteiger partial charge on any atom is 0.191 e. The summed E-state index contributed by atoms with van der Waals surface area (Å²) in [6.45, 7) is 7.51. The number of benzene rings is 1. The van der Waals surface area contributed by atoms with Gasteiger partial charge in [-0.25, -0.2) is 4.99 Å². The average Bonchev–Trinajstić information content (AvgIpc) is 3.41. The van der Waals surface area contributed by atoms with E-state index < -0.39 is 0 Å². The fraction of sp³-hybridized carbons (Fsp3) is 0.435. The van der Waals surface area contributed by atoms with Gasteiger partial charge in [-0.05, 0) is 36.3 Å². The molecular weight excluding hydrogens is 535 g/mol. The second kappa shape index (κ2) is 14.2. The first-order valence-corrected chi connectivity index (χ1v) is 11.5. The molecule has 0 amide bonds. The van der Waals surface area contributed by atoms with Crippen molar-refractivity contribution in [1.29, 1.82) is 0 Å². The van der Waals surface area contributed by atoms with Crippen molar-refractivity contribution in [2.45, 2.75) is 33.4 Å². The zero-order valence-electron chi connectivity index (χ0n) is 19.0. The molecule has 0 aliphatic carbocycles. The van der Waals surface area contributed by atoms with Crippen LogP contribution in [0.4, 0.5) is 0 Å². The molecule has 0 radical (unpaired) electrons. The van der Waals surface area contributed by atoms with Crippen molar-refractivity contribution in [2.24, 2.45) is 18.0 Å². The Morgan fingerprint density at radius 1 is 1.16 bits per heavy atom. The molecule has 174 valence electrons. The number of aliphatic imine (C=N–C) groups is 1. The van der Waals surface area contributed by atoms with E-state index in [9.17, 15) is 0 Å². The van der Waals surface area contributed by atoms with Crippen LogP contribution in [0.1, 0.15) is 29.0 Å². The second-order valence-corrected chi connectivity index (χ2v) is 8.66. The number of nitrogens with one attached hydrogen (secondary N) is 2. The standard InChI is InChI=1S/C23H32N6OS.HI/c1-18(16-30-17-20-8-5-4-6-9-20)14-25-23(24-12-11-21-10-7-13-31-21)26-15-22-28-27-19(2)29(22)3;/h4-10,13,18H,11-12,14-17H2,1-3H3,(H2,24,25,26);1H. The van der Waals surface area contributed by atoms with Crippen LogP contribution in [0.15, 0.2) is 52.8 Å². The molecule has 1 aromatic carbocycles. The number of rotatable bonds is 11. The van der Waals surface area contributed by atoms with E-state index in [1.54, 1.807) is 11.3 Å². The van der Waals surface area contributed by atoms with Crippen molar-refractivity contribution in [2.75, 3.05) is 19.7 Å². The average molecular weight is 569 g/mol. The van der Waals surface area contributed by atoms with Gasteiger partial charge in [-0.2, -0.15) is 0 Å². The Kier molecular flexibility index (Phi) is 11.7. The van der Waals surface area contributed by atoms with E-state index >= 15 is 0 Å². The van der Waals surface area contributed by atoms with E-state index in [4.69, 9.17) is 9.73 Å². The topological polar surface area (TPSA) is 76.4 Å². The molecule has 0 saturated carbocycles. The van der Waals surface area contributed by atoms with Gasteiger partial charge in [0.25, 0.3) is 0 Å². The molecule has 32 heavy (non-hydrogen) atoms. The van der Waals surface area contributed by atoms with Gasteiger partial charge >= 0.3 is 0 Å². The van der Waals surface area contributed by atoms with Crippen LogP contribution in [0.3, 0.4) is 0 Å². The Labute approximate surface area is 211 Å². The highest BCUT2D eigenvalue weighted by Crippen LogP contribution is 2.08. The molecule has 0 spiro atoms. The van der Waals surface area contributed by atoms with Crippen LogP contribution in [0, 0.1) is 12.8 Å². The van der Waals surface area contributed by atoms with Crippen LogP contribution >= 0.6 is 35.3 Å². The first kappa shape index (κ1) is 26.3. The molecule has 3 aromatic rings. The lowest BCUT2D eigenvalue weighted by molar-refractivity contribution is 0.0931. The summed E-state index contributed by atoms with van der Waals surface area (Å²) in [6, 6.07) is 14.5. The van der Waals surface area contributed by atoms with Gasteiger partial charge in [0.05, 0.1) is 13.2 Å². The van der Waals surface area contributed by atoms with E-state index in [0.717, 1.165) is 37.1 Å². The number of hydrogen-bond donors (Lipinski definition) is 2. The number of hydrogen-bond acceptors (Lipinski definition) is 5. The molecule has 1 unspecified atom stereocenters. The lowest BCUT2D eigenvalue weighted by Crippen LogP contribution is -2.41. The fourth-order valence-corrected chi connectivity index (χ4v) is 3.66. The third-order valence-electron chi connectivity index (χ3n) is 4.94. The third kappa shape index (κ3) is 8.87. The molecule has 7 nitrogen and oxygen atoms in total. The summed E-state index contributed by atoms with van der Waals surface area (Å²) in [5.74, 6) is 2.86. The molecule has 2 N–H and O–H groups in total. The lowest BCUT2D eigenvalue weighted by atomic mass is 10.2. The number of thiophene rings is 1. The zero-order valence-corrected chi connectivity index (χ0v) is 22.1. The predicted octanol–water partition coefficient (Wildman–Crippen LogP) is 3.93. The molecule has 0 aliphatic heterocycles. The molecule has 0 fully saturated rings. The van der Waals surface area contributed by atoms with Crippen LogP contribution < -0.4 is 10.6 Å². The summed E-state index contributed by atoms with van der Waals surface area (Å²) in [6.07, 6.45) is 0.969. The Hall–Kier alpha value is -1.98. The summed E-state index contributed by atoms with van der Waals surface area (Å²) >= 11 is 1.78. The van der Waals surface area contributed by atoms with E-state index in [1.165, 1.54) is 10.4 Å². The molecule has 1 atom stereocenters. The molecule has 0 saturated heterocycles. The number of aryl methyl sites for hydroxylation is 1. The maximum atomic E-state index is 5.87. The number of ether oxygens (including phenoxy) is 1. The molecule has 9 heteroatoms. The van der Waals surface area contributed by atoms with Crippen molar-refractivity contribution in [3.63, 3.8) is 0 Å². The summed E-state index contributed by atoms with van der Waals surface area (Å²) in [5, 5.41) is 17.3. The van der Waals surface area contributed by atoms with Crippen molar-refractivity contribution in [3.05, 3.63) is 69.9 Å². The van der Waals surface area contributed by atoms with E-state index in [-0.39, 0.29) is 24.0 Å². The Morgan fingerprint density at radius 2 is 1.97 bits per heavy atom. The highest BCUT2D eigenvalue weighted by atomic mass is 127. The number of nitrogens with zero attached hydrogens (tertiary/aromatic N) is 4. The summed E-state index contributed by atoms with van der Waals surface area (Å²) in [7, 11) is 1.96. The molecule has 0 aliphatic rings. The molecule has 2 aromatic heterocycles. The minimum Gasteiger partial charge on any atom is -0.376 e. The van der Waals surface area contributed by atoms with Crippen molar-refractivity contribution >= 4 is 41.3 Å². The number of aromatic nitrogens is 3. The second-order valence-electron chi connectivity index (χ2n) is 7.63. The van der Waals surface area contributed by atoms with E-state index in [0.29, 0.717) is 25.7 Å². The van der Waals surface area contributed by atoms with Crippen molar-refractivity contribution in [3.8, 4) is 0 Å². The number of guanidine groups is 1. The van der Waals surface area contributed by atoms with Gasteiger partial charge in [-0.15, -0.1) is 45.5 Å². The number of halogens is 1. The van der Waals surface area contributed by atoms with E-state index in [1.807, 2.05) is 36.7 Å². The van der Waals surface area contributed by atoms with Gasteiger partial charge in [0.2, 0.25) is 0 Å². The fourth-order valence-electron chi connectivity index (χ4n) is 2.95. The molecule has 0 bridgehead atoms. The molecule has 3 rings (SSSR count). The first-order chi connectivity index (χ1) is 15.1. The van der Waals surface area contributed by atoms with Gasteiger partial charge in [0, 0.05) is 25.0 Å². The summed E-state index contributed by atoms with van der Waals surface area (Å²) < 4.78 is 7.84. The normalized spacial score (nSPS) is 12.3. The van der Waals surface area contributed by atoms with Crippen LogP contribution in [-0.2, 0) is 31.4 Å². The monoisotopic (exact) mass is 568 g/mol. The minimum absolute atomic E-state index is 0. The summed E-state index contributed by atoms with van der Waals surface area (Å²) in [5.41, 5.74) is 1.19. The summed E-state index contributed by atoms with van der Waals surface area (Å²) in [4.78, 5) is 6.08. The van der Waals surface area contributed by atoms with Crippen molar-refractivity contribution in [1.82, 2.24) is 25.4 Å². The van der Waals surface area contributed by atoms with Crippen LogP contribution in [0.5, 0.6) is 0 Å². The zero-order chi connectivity index (χ0) is 21.9. The Bertz CT molecular complexity index is 929. The minimum atomic E-state index is 0. The largest absolute Gasteiger partial charge is 0.376 e. The van der Waals surface area contributed by atoms with Crippen molar-refractivity contribution < 1.29 is 4.74 Å². The quantitative estimate of drug-likeness (QED) is 0.208. The smallest absolute Gasteiger partial charge is 0.191 e. The van der Waals surface area contributed by atoms with Crippen LogP contribution in [0.2, 0.25) is 0 Å². The highest BCUT2D eigenvalue weighted by Gasteiger charge is 2.08. The SMILES string of the molecule is Cc1nnc(CN=C(NCCc2cccs2)NCC(C)COCc2ccccc2)n1C.I. The van der Waals surface area contributed by atoms with Gasteiger partial charge in [0.1, 0.15) is 12.4 Å². The van der Waals surface area contributed by atoms with Crippen LogP contribution in [0.25, 0.3) is 0 Å². The Morgan fingerprint density at radius 3 is 2.66 bits per heavy atom. The molecular formula is C23H33IN6OS. The van der Waals surface area contributed by atoms with Gasteiger partial charge < -0.3 is 19.9 Å². The first-order valence-electron chi connectivity index (χ1n) is 10.6. The van der Waals surface area contributed by atoms with Crippen LogP contribution in [-0.4, -0.2) is 40.4 Å².